The van der Waals surface area contributed by atoms with Crippen LogP contribution in [0.4, 0.5) is 0 Å². The molecule has 0 atom stereocenters. The maximum absolute atomic E-state index is 9.60. The van der Waals surface area contributed by atoms with Crippen molar-refractivity contribution in [1.82, 2.24) is 4.98 Å². The Kier molecular flexibility index (Phi) is 3.09. The van der Waals surface area contributed by atoms with Crippen molar-refractivity contribution in [3.63, 3.8) is 0 Å². The van der Waals surface area contributed by atoms with Crippen molar-refractivity contribution >= 4 is 11.3 Å². The van der Waals surface area contributed by atoms with E-state index in [1.165, 1.54) is 0 Å². The van der Waals surface area contributed by atoms with E-state index in [2.05, 4.69) is 18.8 Å². The molecule has 0 aromatic carbocycles. The molecule has 74 valence electrons. The smallest absolute Gasteiger partial charge is 0.0953 e. The lowest BCUT2D eigenvalue weighted by Crippen LogP contribution is -2.21. The molecule has 0 amide bonds. The quantitative estimate of drug-likeness (QED) is 0.811. The second kappa shape index (κ2) is 3.76. The van der Waals surface area contributed by atoms with E-state index in [0.29, 0.717) is 12.3 Å². The Bertz CT molecular complexity index is 273. The zero-order valence-electron chi connectivity index (χ0n) is 8.66. The highest BCUT2D eigenvalue weighted by Crippen LogP contribution is 2.23. The third-order valence-electron chi connectivity index (χ3n) is 1.67. The molecule has 1 aromatic rings. The van der Waals surface area contributed by atoms with E-state index in [-0.39, 0.29) is 0 Å². The molecule has 0 spiro atoms. The lowest BCUT2D eigenvalue weighted by Gasteiger charge is -2.14. The summed E-state index contributed by atoms with van der Waals surface area (Å²) in [5.41, 5.74) is -0.624. The van der Waals surface area contributed by atoms with Gasteiger partial charge < -0.3 is 5.11 Å². The maximum Gasteiger partial charge on any atom is 0.0953 e. The van der Waals surface area contributed by atoms with Crippen molar-refractivity contribution in [2.45, 2.75) is 45.6 Å². The summed E-state index contributed by atoms with van der Waals surface area (Å²) in [6.07, 6.45) is 2.56. The van der Waals surface area contributed by atoms with Gasteiger partial charge in [0, 0.05) is 23.4 Å². The van der Waals surface area contributed by atoms with Gasteiger partial charge in [-0.15, -0.1) is 11.3 Å². The van der Waals surface area contributed by atoms with Crippen LogP contribution >= 0.6 is 11.3 Å². The number of hydrogen-bond donors (Lipinski definition) is 1. The fourth-order valence-electron chi connectivity index (χ4n) is 1.10. The molecule has 13 heavy (non-hydrogen) atoms. The van der Waals surface area contributed by atoms with E-state index in [4.69, 9.17) is 0 Å². The van der Waals surface area contributed by atoms with Crippen LogP contribution in [0.15, 0.2) is 6.20 Å². The number of thiazole rings is 1. The monoisotopic (exact) mass is 199 g/mol. The van der Waals surface area contributed by atoms with Crippen molar-refractivity contribution < 1.29 is 5.11 Å². The zero-order valence-corrected chi connectivity index (χ0v) is 9.48. The first-order valence-corrected chi connectivity index (χ1v) is 5.37. The fourth-order valence-corrected chi connectivity index (χ4v) is 2.24. The molecule has 1 rings (SSSR count). The second-order valence-corrected chi connectivity index (χ2v) is 5.46. The summed E-state index contributed by atoms with van der Waals surface area (Å²) in [7, 11) is 0. The summed E-state index contributed by atoms with van der Waals surface area (Å²) >= 11 is 1.70. The van der Waals surface area contributed by atoms with Gasteiger partial charge >= 0.3 is 0 Å². The minimum atomic E-state index is -0.624. The Morgan fingerprint density at radius 1 is 1.54 bits per heavy atom. The van der Waals surface area contributed by atoms with E-state index in [1.54, 1.807) is 11.3 Å². The normalized spacial score (nSPS) is 12.5. The molecule has 0 fully saturated rings. The Morgan fingerprint density at radius 2 is 2.15 bits per heavy atom. The Balaban J connectivity index is 2.70. The van der Waals surface area contributed by atoms with Gasteiger partial charge in [-0.2, -0.15) is 0 Å². The topological polar surface area (TPSA) is 33.1 Å². The lowest BCUT2D eigenvalue weighted by atomic mass is 10.1. The van der Waals surface area contributed by atoms with E-state index >= 15 is 0 Å². The first-order valence-electron chi connectivity index (χ1n) is 4.55. The van der Waals surface area contributed by atoms with E-state index in [1.807, 2.05) is 20.0 Å². The number of aromatic nitrogens is 1. The summed E-state index contributed by atoms with van der Waals surface area (Å²) in [5, 5.41) is 10.7. The molecule has 0 bridgehead atoms. The maximum atomic E-state index is 9.60. The summed E-state index contributed by atoms with van der Waals surface area (Å²) in [6.45, 7) is 7.91. The van der Waals surface area contributed by atoms with Crippen LogP contribution in [-0.4, -0.2) is 15.7 Å². The van der Waals surface area contributed by atoms with Gasteiger partial charge in [0.25, 0.3) is 0 Å². The Morgan fingerprint density at radius 3 is 2.54 bits per heavy atom. The van der Waals surface area contributed by atoms with Crippen LogP contribution < -0.4 is 0 Å². The van der Waals surface area contributed by atoms with Gasteiger partial charge in [0.05, 0.1) is 10.6 Å². The average molecular weight is 199 g/mol. The fraction of sp³-hybridized carbons (Fsp3) is 0.700. The third-order valence-corrected chi connectivity index (χ3v) is 2.97. The van der Waals surface area contributed by atoms with Crippen LogP contribution in [0.3, 0.4) is 0 Å². The molecule has 3 heteroatoms. The van der Waals surface area contributed by atoms with E-state index in [9.17, 15) is 5.11 Å². The minimum Gasteiger partial charge on any atom is -0.390 e. The van der Waals surface area contributed by atoms with Crippen molar-refractivity contribution in [3.05, 3.63) is 16.1 Å². The van der Waals surface area contributed by atoms with Crippen LogP contribution in [0, 0.1) is 0 Å². The molecule has 1 N–H and O–H groups in total. The Hall–Kier alpha value is -0.410. The molecule has 1 heterocycles. The second-order valence-electron chi connectivity index (χ2n) is 4.31. The molecular weight excluding hydrogens is 182 g/mol. The Labute approximate surface area is 83.6 Å². The molecule has 0 aliphatic rings. The highest BCUT2D eigenvalue weighted by molar-refractivity contribution is 7.11. The molecule has 0 saturated heterocycles. The number of aliphatic hydroxyl groups is 1. The molecule has 0 radical (unpaired) electrons. The highest BCUT2D eigenvalue weighted by Gasteiger charge is 2.15. The summed E-state index contributed by atoms with van der Waals surface area (Å²) in [6, 6.07) is 0. The predicted molar refractivity (Wildman–Crippen MR) is 56.2 cm³/mol. The molecule has 0 aliphatic carbocycles. The van der Waals surface area contributed by atoms with Gasteiger partial charge in [-0.1, -0.05) is 13.8 Å². The van der Waals surface area contributed by atoms with Gasteiger partial charge in [-0.3, -0.25) is 0 Å². The average Bonchev–Trinajstić information content (AvgIpc) is 2.31. The van der Waals surface area contributed by atoms with E-state index in [0.717, 1.165) is 9.88 Å². The van der Waals surface area contributed by atoms with Crippen LogP contribution in [0.25, 0.3) is 0 Å². The minimum absolute atomic E-state index is 0.487. The molecule has 0 saturated carbocycles. The van der Waals surface area contributed by atoms with Gasteiger partial charge in [0.15, 0.2) is 0 Å². The lowest BCUT2D eigenvalue weighted by molar-refractivity contribution is 0.0818. The van der Waals surface area contributed by atoms with Crippen LogP contribution in [0.5, 0.6) is 0 Å². The highest BCUT2D eigenvalue weighted by atomic mass is 32.1. The van der Waals surface area contributed by atoms with Crippen LogP contribution in [0.1, 0.15) is 43.5 Å². The number of hydrogen-bond acceptors (Lipinski definition) is 3. The van der Waals surface area contributed by atoms with Crippen LogP contribution in [-0.2, 0) is 6.42 Å². The van der Waals surface area contributed by atoms with Crippen molar-refractivity contribution in [2.24, 2.45) is 0 Å². The summed E-state index contributed by atoms with van der Waals surface area (Å²) in [5.74, 6) is 0.487. The standard InChI is InChI=1S/C10H17NOS/c1-7(2)9-11-6-8(13-9)5-10(3,4)12/h6-7,12H,5H2,1-4H3. The van der Waals surface area contributed by atoms with Crippen molar-refractivity contribution in [2.75, 3.05) is 0 Å². The molecule has 0 unspecified atom stereocenters. The third kappa shape index (κ3) is 3.44. The summed E-state index contributed by atoms with van der Waals surface area (Å²) < 4.78 is 0. The molecular formula is C10H17NOS. The van der Waals surface area contributed by atoms with Crippen LogP contribution in [0.2, 0.25) is 0 Å². The first-order chi connectivity index (χ1) is 5.88. The van der Waals surface area contributed by atoms with Crippen molar-refractivity contribution in [1.29, 1.82) is 0 Å². The predicted octanol–water partition coefficient (Wildman–Crippen LogP) is 2.58. The number of nitrogens with zero attached hydrogens (tertiary/aromatic N) is 1. The largest absolute Gasteiger partial charge is 0.390 e. The molecule has 2 nitrogen and oxygen atoms in total. The zero-order chi connectivity index (χ0) is 10.1. The van der Waals surface area contributed by atoms with Gasteiger partial charge in [0.1, 0.15) is 0 Å². The molecule has 1 aromatic heterocycles. The summed E-state index contributed by atoms with van der Waals surface area (Å²) in [4.78, 5) is 5.47. The SMILES string of the molecule is CC(C)c1ncc(CC(C)(C)O)s1. The van der Waals surface area contributed by atoms with Gasteiger partial charge in [-0.05, 0) is 13.8 Å². The van der Waals surface area contributed by atoms with E-state index < -0.39 is 5.60 Å². The first kappa shape index (κ1) is 10.7. The van der Waals surface area contributed by atoms with Gasteiger partial charge in [0.2, 0.25) is 0 Å². The van der Waals surface area contributed by atoms with Crippen molar-refractivity contribution in [3.8, 4) is 0 Å². The molecule has 0 aliphatic heterocycles. The van der Waals surface area contributed by atoms with Gasteiger partial charge in [-0.25, -0.2) is 4.98 Å². The number of rotatable bonds is 3.